The molecule has 54 valence electrons. The summed E-state index contributed by atoms with van der Waals surface area (Å²) in [7, 11) is 0. The first-order valence-corrected chi connectivity index (χ1v) is 3.12. The normalized spacial score (nSPS) is 11.7. The summed E-state index contributed by atoms with van der Waals surface area (Å²) in [6.07, 6.45) is 2.77. The molecule has 4 N–H and O–H groups in total. The van der Waals surface area contributed by atoms with E-state index in [0.717, 1.165) is 18.7 Å². The van der Waals surface area contributed by atoms with Crippen molar-refractivity contribution in [1.82, 2.24) is 5.01 Å². The maximum absolute atomic E-state index is 5.46. The van der Waals surface area contributed by atoms with Crippen molar-refractivity contribution in [2.75, 3.05) is 6.54 Å². The molecule has 0 saturated carbocycles. The molecule has 3 heteroatoms. The second-order valence-corrected chi connectivity index (χ2v) is 2.11. The maximum atomic E-state index is 5.46. The molecule has 0 fully saturated rings. The van der Waals surface area contributed by atoms with Crippen molar-refractivity contribution in [1.29, 1.82) is 0 Å². The van der Waals surface area contributed by atoms with Gasteiger partial charge in [0.15, 0.2) is 0 Å². The summed E-state index contributed by atoms with van der Waals surface area (Å²) in [5.41, 5.74) is 6.10. The molecule has 0 aromatic heterocycles. The van der Waals surface area contributed by atoms with Crippen LogP contribution in [-0.4, -0.2) is 11.6 Å². The predicted molar refractivity (Wildman–Crippen MR) is 39.1 cm³/mol. The fourth-order valence-corrected chi connectivity index (χ4v) is 0.584. The highest BCUT2D eigenvalue weighted by atomic mass is 15.4. The molecule has 0 aliphatic heterocycles. The Morgan fingerprint density at radius 2 is 2.22 bits per heavy atom. The molecule has 0 radical (unpaired) electrons. The maximum Gasteiger partial charge on any atom is 0.0340 e. The third-order valence-electron chi connectivity index (χ3n) is 0.851. The molecule has 0 heterocycles. The molecule has 9 heavy (non-hydrogen) atoms. The Bertz CT molecular complexity index is 94.5. The lowest BCUT2D eigenvalue weighted by Gasteiger charge is -2.11. The number of hydrazine groups is 1. The van der Waals surface area contributed by atoms with Gasteiger partial charge >= 0.3 is 0 Å². The van der Waals surface area contributed by atoms with Gasteiger partial charge in [-0.3, -0.25) is 0 Å². The quantitative estimate of drug-likeness (QED) is 0.428. The summed E-state index contributed by atoms with van der Waals surface area (Å²) < 4.78 is 0. The lowest BCUT2D eigenvalue weighted by atomic mass is 10.4. The standard InChI is InChI=1S/C6H15N3/c1-3-4-9(8)5-6(2)7/h5H,3-4,7-8H2,1-2H3/b6-5-. The SMILES string of the molecule is CCCN(N)/C=C(/C)N. The highest BCUT2D eigenvalue weighted by Crippen LogP contribution is 1.86. The second kappa shape index (κ2) is 4.21. The van der Waals surface area contributed by atoms with Crippen molar-refractivity contribution < 1.29 is 0 Å². The Balaban J connectivity index is 3.49. The summed E-state index contributed by atoms with van der Waals surface area (Å²) in [5.74, 6) is 5.46. The Morgan fingerprint density at radius 3 is 2.56 bits per heavy atom. The molecular formula is C6H15N3. The fourth-order valence-electron chi connectivity index (χ4n) is 0.584. The van der Waals surface area contributed by atoms with Gasteiger partial charge in [0.2, 0.25) is 0 Å². The second-order valence-electron chi connectivity index (χ2n) is 2.11. The Labute approximate surface area is 56.3 Å². The van der Waals surface area contributed by atoms with E-state index in [1.807, 2.05) is 6.92 Å². The zero-order chi connectivity index (χ0) is 7.28. The molecule has 3 nitrogen and oxygen atoms in total. The zero-order valence-electron chi connectivity index (χ0n) is 6.09. The predicted octanol–water partition coefficient (Wildman–Crippen LogP) is 0.392. The first kappa shape index (κ1) is 8.30. The van der Waals surface area contributed by atoms with Gasteiger partial charge in [0.1, 0.15) is 0 Å². The highest BCUT2D eigenvalue weighted by Gasteiger charge is 1.87. The van der Waals surface area contributed by atoms with Crippen molar-refractivity contribution in [3.05, 3.63) is 11.9 Å². The van der Waals surface area contributed by atoms with Crippen LogP contribution in [0, 0.1) is 0 Å². The largest absolute Gasteiger partial charge is 0.401 e. The van der Waals surface area contributed by atoms with E-state index in [1.54, 1.807) is 11.2 Å². The topological polar surface area (TPSA) is 55.3 Å². The number of hydrogen-bond donors (Lipinski definition) is 2. The molecule has 0 aliphatic carbocycles. The van der Waals surface area contributed by atoms with Crippen molar-refractivity contribution in [2.45, 2.75) is 20.3 Å². The lowest BCUT2D eigenvalue weighted by molar-refractivity contribution is 0.390. The van der Waals surface area contributed by atoms with Crippen LogP contribution in [0.3, 0.4) is 0 Å². The van der Waals surface area contributed by atoms with Crippen molar-refractivity contribution in [3.8, 4) is 0 Å². The van der Waals surface area contributed by atoms with E-state index in [2.05, 4.69) is 6.92 Å². The van der Waals surface area contributed by atoms with Crippen LogP contribution in [0.25, 0.3) is 0 Å². The molecule has 0 aliphatic rings. The minimum Gasteiger partial charge on any atom is -0.401 e. The van der Waals surface area contributed by atoms with Crippen LogP contribution < -0.4 is 11.6 Å². The van der Waals surface area contributed by atoms with Crippen molar-refractivity contribution >= 4 is 0 Å². The van der Waals surface area contributed by atoms with Crippen LogP contribution in [0.1, 0.15) is 20.3 Å². The summed E-state index contributed by atoms with van der Waals surface area (Å²) >= 11 is 0. The minimum atomic E-state index is 0.742. The smallest absolute Gasteiger partial charge is 0.0340 e. The van der Waals surface area contributed by atoms with Gasteiger partial charge in [-0.15, -0.1) is 0 Å². The number of hydrogen-bond acceptors (Lipinski definition) is 3. The van der Waals surface area contributed by atoms with Crippen LogP contribution in [-0.2, 0) is 0 Å². The first-order valence-electron chi connectivity index (χ1n) is 3.12. The first-order chi connectivity index (χ1) is 4.16. The summed E-state index contributed by atoms with van der Waals surface area (Å²) in [5, 5.41) is 1.59. The van der Waals surface area contributed by atoms with E-state index >= 15 is 0 Å². The molecule has 0 aromatic rings. The third kappa shape index (κ3) is 5.17. The Kier molecular flexibility index (Phi) is 3.88. The van der Waals surface area contributed by atoms with Gasteiger partial charge in [-0.05, 0) is 13.3 Å². The van der Waals surface area contributed by atoms with Gasteiger partial charge in [-0.25, -0.2) is 5.84 Å². The van der Waals surface area contributed by atoms with Crippen LogP contribution in [0.4, 0.5) is 0 Å². The molecule has 0 amide bonds. The molecule has 0 spiro atoms. The number of nitrogens with zero attached hydrogens (tertiary/aromatic N) is 1. The summed E-state index contributed by atoms with van der Waals surface area (Å²) in [6.45, 7) is 4.74. The van der Waals surface area contributed by atoms with E-state index in [1.165, 1.54) is 0 Å². The van der Waals surface area contributed by atoms with Crippen LogP contribution >= 0.6 is 0 Å². The van der Waals surface area contributed by atoms with Gasteiger partial charge in [-0.1, -0.05) is 6.92 Å². The minimum absolute atomic E-state index is 0.742. The third-order valence-corrected chi connectivity index (χ3v) is 0.851. The Hall–Kier alpha value is -0.700. The number of rotatable bonds is 3. The van der Waals surface area contributed by atoms with E-state index in [4.69, 9.17) is 11.6 Å². The van der Waals surface area contributed by atoms with Crippen molar-refractivity contribution in [2.24, 2.45) is 11.6 Å². The molecule has 0 rings (SSSR count). The highest BCUT2D eigenvalue weighted by molar-refractivity contribution is 4.89. The number of nitrogens with two attached hydrogens (primary N) is 2. The van der Waals surface area contributed by atoms with E-state index in [-0.39, 0.29) is 0 Å². The van der Waals surface area contributed by atoms with E-state index < -0.39 is 0 Å². The molecular weight excluding hydrogens is 114 g/mol. The van der Waals surface area contributed by atoms with Gasteiger partial charge < -0.3 is 10.7 Å². The van der Waals surface area contributed by atoms with Gasteiger partial charge in [0.25, 0.3) is 0 Å². The Morgan fingerprint density at radius 1 is 1.67 bits per heavy atom. The average Bonchev–Trinajstić information content (AvgIpc) is 1.63. The molecule has 0 atom stereocenters. The zero-order valence-corrected chi connectivity index (χ0v) is 6.09. The fraction of sp³-hybridized carbons (Fsp3) is 0.667. The molecule has 0 unspecified atom stereocenters. The van der Waals surface area contributed by atoms with Gasteiger partial charge in [0, 0.05) is 18.4 Å². The van der Waals surface area contributed by atoms with Crippen molar-refractivity contribution in [3.63, 3.8) is 0 Å². The lowest BCUT2D eigenvalue weighted by Crippen LogP contribution is -2.26. The monoisotopic (exact) mass is 129 g/mol. The van der Waals surface area contributed by atoms with E-state index in [9.17, 15) is 0 Å². The number of allylic oxidation sites excluding steroid dienone is 1. The van der Waals surface area contributed by atoms with Crippen LogP contribution in [0.15, 0.2) is 11.9 Å². The van der Waals surface area contributed by atoms with Gasteiger partial charge in [0.05, 0.1) is 0 Å². The van der Waals surface area contributed by atoms with Gasteiger partial charge in [-0.2, -0.15) is 0 Å². The van der Waals surface area contributed by atoms with Crippen LogP contribution in [0.5, 0.6) is 0 Å². The molecule has 0 bridgehead atoms. The summed E-state index contributed by atoms with van der Waals surface area (Å²) in [4.78, 5) is 0. The molecule has 0 aromatic carbocycles. The van der Waals surface area contributed by atoms with E-state index in [0.29, 0.717) is 0 Å². The summed E-state index contributed by atoms with van der Waals surface area (Å²) in [6, 6.07) is 0. The van der Waals surface area contributed by atoms with Crippen LogP contribution in [0.2, 0.25) is 0 Å². The molecule has 0 saturated heterocycles. The average molecular weight is 129 g/mol.